The van der Waals surface area contributed by atoms with Crippen LogP contribution in [0.15, 0.2) is 36.7 Å². The van der Waals surface area contributed by atoms with Crippen molar-refractivity contribution in [1.29, 1.82) is 0 Å². The van der Waals surface area contributed by atoms with Crippen molar-refractivity contribution in [1.82, 2.24) is 15.0 Å². The summed E-state index contributed by atoms with van der Waals surface area (Å²) in [5.74, 6) is 7.40. The molecule has 1 aromatic heterocycles. The number of ether oxygens (including phenoxy) is 1. The number of hydrazine groups is 1. The van der Waals surface area contributed by atoms with Crippen LogP contribution < -0.4 is 16.0 Å². The molecular weight excluding hydrogens is 228 g/mol. The lowest BCUT2D eigenvalue weighted by Gasteiger charge is -2.17. The van der Waals surface area contributed by atoms with E-state index in [1.165, 1.54) is 0 Å². The Bertz CT molecular complexity index is 509. The highest BCUT2D eigenvalue weighted by molar-refractivity contribution is 5.34. The second-order valence-corrected chi connectivity index (χ2v) is 4.13. The van der Waals surface area contributed by atoms with Crippen LogP contribution in [0, 0.1) is 0 Å². The van der Waals surface area contributed by atoms with Crippen LogP contribution in [0.25, 0.3) is 0 Å². The maximum absolute atomic E-state index is 5.63. The van der Waals surface area contributed by atoms with Crippen molar-refractivity contribution in [2.24, 2.45) is 12.9 Å². The van der Waals surface area contributed by atoms with E-state index in [4.69, 9.17) is 10.6 Å². The van der Waals surface area contributed by atoms with E-state index in [-0.39, 0.29) is 6.04 Å². The van der Waals surface area contributed by atoms with Crippen molar-refractivity contribution in [3.05, 3.63) is 48.0 Å². The maximum Gasteiger partial charge on any atom is 0.127 e. The van der Waals surface area contributed by atoms with E-state index in [1.807, 2.05) is 42.1 Å². The standard InChI is InChI=1S/C13H18N4O/c1-17-8-7-15-13(17)11(16-14)9-10-5-3-4-6-12(10)18-2/h3-8,11,16H,9,14H2,1-2H3. The quantitative estimate of drug-likeness (QED) is 0.614. The lowest BCUT2D eigenvalue weighted by molar-refractivity contribution is 0.404. The Balaban J connectivity index is 2.23. The zero-order chi connectivity index (χ0) is 13.0. The van der Waals surface area contributed by atoms with E-state index >= 15 is 0 Å². The largest absolute Gasteiger partial charge is 0.496 e. The van der Waals surface area contributed by atoms with Gasteiger partial charge in [0.05, 0.1) is 13.2 Å². The highest BCUT2D eigenvalue weighted by Gasteiger charge is 2.16. The zero-order valence-corrected chi connectivity index (χ0v) is 10.6. The average Bonchev–Trinajstić information content (AvgIpc) is 2.82. The number of rotatable bonds is 5. The van der Waals surface area contributed by atoms with Gasteiger partial charge in [-0.25, -0.2) is 10.4 Å². The molecule has 0 aliphatic heterocycles. The molecule has 0 bridgehead atoms. The summed E-state index contributed by atoms with van der Waals surface area (Å²) in [5.41, 5.74) is 3.91. The van der Waals surface area contributed by atoms with E-state index in [1.54, 1.807) is 13.3 Å². The Kier molecular flexibility index (Phi) is 3.96. The fourth-order valence-electron chi connectivity index (χ4n) is 2.03. The first-order valence-electron chi connectivity index (χ1n) is 5.81. The van der Waals surface area contributed by atoms with E-state index < -0.39 is 0 Å². The molecule has 5 nitrogen and oxygen atoms in total. The van der Waals surface area contributed by atoms with Gasteiger partial charge < -0.3 is 9.30 Å². The summed E-state index contributed by atoms with van der Waals surface area (Å²) in [6, 6.07) is 7.88. The number of hydrogen-bond acceptors (Lipinski definition) is 4. The number of hydrogen-bond donors (Lipinski definition) is 2. The first-order valence-corrected chi connectivity index (χ1v) is 5.81. The third-order valence-electron chi connectivity index (χ3n) is 2.99. The monoisotopic (exact) mass is 246 g/mol. The number of para-hydroxylation sites is 1. The molecule has 0 spiro atoms. The molecule has 0 aliphatic carbocycles. The number of nitrogens with two attached hydrogens (primary N) is 1. The van der Waals surface area contributed by atoms with Crippen molar-refractivity contribution in [3.63, 3.8) is 0 Å². The number of methoxy groups -OCH3 is 1. The van der Waals surface area contributed by atoms with Gasteiger partial charge in [-0.3, -0.25) is 5.84 Å². The smallest absolute Gasteiger partial charge is 0.127 e. The Morgan fingerprint density at radius 1 is 1.44 bits per heavy atom. The van der Waals surface area contributed by atoms with Crippen LogP contribution in [0.5, 0.6) is 5.75 Å². The number of aryl methyl sites for hydroxylation is 1. The topological polar surface area (TPSA) is 65.1 Å². The molecular formula is C13H18N4O. The molecule has 0 radical (unpaired) electrons. The van der Waals surface area contributed by atoms with Gasteiger partial charge >= 0.3 is 0 Å². The SMILES string of the molecule is COc1ccccc1CC(NN)c1nccn1C. The summed E-state index contributed by atoms with van der Waals surface area (Å²) in [6.07, 6.45) is 4.40. The fraction of sp³-hybridized carbons (Fsp3) is 0.308. The summed E-state index contributed by atoms with van der Waals surface area (Å²) in [5, 5.41) is 0. The molecule has 5 heteroatoms. The van der Waals surface area contributed by atoms with Gasteiger partial charge in [0.25, 0.3) is 0 Å². The van der Waals surface area contributed by atoms with Gasteiger partial charge in [0.2, 0.25) is 0 Å². The Hall–Kier alpha value is -1.85. The first kappa shape index (κ1) is 12.6. The first-order chi connectivity index (χ1) is 8.76. The van der Waals surface area contributed by atoms with Gasteiger partial charge in [-0.2, -0.15) is 0 Å². The molecule has 2 rings (SSSR count). The third kappa shape index (κ3) is 2.52. The summed E-state index contributed by atoms with van der Waals surface area (Å²) < 4.78 is 7.30. The van der Waals surface area contributed by atoms with Crippen LogP contribution in [-0.4, -0.2) is 16.7 Å². The summed E-state index contributed by atoms with van der Waals surface area (Å²) in [6.45, 7) is 0. The minimum Gasteiger partial charge on any atom is -0.496 e. The van der Waals surface area contributed by atoms with E-state index in [0.717, 1.165) is 23.6 Å². The highest BCUT2D eigenvalue weighted by Crippen LogP contribution is 2.23. The molecule has 0 amide bonds. The van der Waals surface area contributed by atoms with Crippen LogP contribution in [0.3, 0.4) is 0 Å². The maximum atomic E-state index is 5.63. The number of nitrogens with zero attached hydrogens (tertiary/aromatic N) is 2. The summed E-state index contributed by atoms with van der Waals surface area (Å²) in [7, 11) is 3.62. The van der Waals surface area contributed by atoms with Crippen molar-refractivity contribution >= 4 is 0 Å². The molecule has 1 unspecified atom stereocenters. The molecule has 3 N–H and O–H groups in total. The van der Waals surface area contributed by atoms with Gasteiger partial charge in [0.1, 0.15) is 11.6 Å². The van der Waals surface area contributed by atoms with Gasteiger partial charge in [0, 0.05) is 19.4 Å². The Morgan fingerprint density at radius 2 is 2.22 bits per heavy atom. The predicted octanol–water partition coefficient (Wildman–Crippen LogP) is 1.18. The average molecular weight is 246 g/mol. The molecule has 2 aromatic rings. The minimum absolute atomic E-state index is 0.0405. The zero-order valence-electron chi connectivity index (χ0n) is 10.6. The number of nitrogens with one attached hydrogen (secondary N) is 1. The van der Waals surface area contributed by atoms with Crippen LogP contribution >= 0.6 is 0 Å². The third-order valence-corrected chi connectivity index (χ3v) is 2.99. The summed E-state index contributed by atoms with van der Waals surface area (Å²) in [4.78, 5) is 4.32. The molecule has 0 saturated carbocycles. The van der Waals surface area contributed by atoms with Crippen molar-refractivity contribution < 1.29 is 4.74 Å². The van der Waals surface area contributed by atoms with Gasteiger partial charge in [-0.05, 0) is 18.1 Å². The Morgan fingerprint density at radius 3 is 2.83 bits per heavy atom. The fourth-order valence-corrected chi connectivity index (χ4v) is 2.03. The molecule has 96 valence electrons. The van der Waals surface area contributed by atoms with E-state index in [2.05, 4.69) is 10.4 Å². The molecule has 18 heavy (non-hydrogen) atoms. The van der Waals surface area contributed by atoms with Crippen molar-refractivity contribution in [3.8, 4) is 5.75 Å². The molecule has 0 aliphatic rings. The van der Waals surface area contributed by atoms with Gasteiger partial charge in [-0.15, -0.1) is 0 Å². The lowest BCUT2D eigenvalue weighted by atomic mass is 10.0. The molecule has 0 saturated heterocycles. The molecule has 1 heterocycles. The van der Waals surface area contributed by atoms with Crippen LogP contribution in [0.2, 0.25) is 0 Å². The van der Waals surface area contributed by atoms with E-state index in [0.29, 0.717) is 0 Å². The molecule has 0 fully saturated rings. The van der Waals surface area contributed by atoms with Crippen LogP contribution in [0.1, 0.15) is 17.4 Å². The van der Waals surface area contributed by atoms with Crippen LogP contribution in [-0.2, 0) is 13.5 Å². The normalized spacial score (nSPS) is 12.4. The van der Waals surface area contributed by atoms with Gasteiger partial charge in [0.15, 0.2) is 0 Å². The molecule has 1 atom stereocenters. The highest BCUT2D eigenvalue weighted by atomic mass is 16.5. The van der Waals surface area contributed by atoms with Crippen molar-refractivity contribution in [2.75, 3.05) is 7.11 Å². The second kappa shape index (κ2) is 5.66. The number of imidazole rings is 1. The number of benzene rings is 1. The molecule has 1 aromatic carbocycles. The Labute approximate surface area is 107 Å². The van der Waals surface area contributed by atoms with Crippen molar-refractivity contribution in [2.45, 2.75) is 12.5 Å². The van der Waals surface area contributed by atoms with Gasteiger partial charge in [-0.1, -0.05) is 18.2 Å². The van der Waals surface area contributed by atoms with Crippen LogP contribution in [0.4, 0.5) is 0 Å². The number of aromatic nitrogens is 2. The summed E-state index contributed by atoms with van der Waals surface area (Å²) >= 11 is 0. The lowest BCUT2D eigenvalue weighted by Crippen LogP contribution is -2.31. The predicted molar refractivity (Wildman–Crippen MR) is 70.0 cm³/mol. The minimum atomic E-state index is -0.0405. The van der Waals surface area contributed by atoms with E-state index in [9.17, 15) is 0 Å². The second-order valence-electron chi connectivity index (χ2n) is 4.13.